The van der Waals surface area contributed by atoms with Crippen LogP contribution in [0.3, 0.4) is 0 Å². The van der Waals surface area contributed by atoms with Crippen LogP contribution in [0.25, 0.3) is 5.70 Å². The van der Waals surface area contributed by atoms with Crippen molar-refractivity contribution in [2.45, 2.75) is 78.5 Å². The van der Waals surface area contributed by atoms with Gasteiger partial charge in [0.15, 0.2) is 0 Å². The number of hydrogen-bond donors (Lipinski definition) is 1. The Morgan fingerprint density at radius 2 is 1.93 bits per heavy atom. The van der Waals surface area contributed by atoms with Crippen LogP contribution in [0, 0.1) is 6.92 Å². The third-order valence-corrected chi connectivity index (χ3v) is 5.10. The van der Waals surface area contributed by atoms with Crippen molar-refractivity contribution in [2.24, 2.45) is 0 Å². The molecule has 0 aromatic carbocycles. The van der Waals surface area contributed by atoms with E-state index in [1.807, 2.05) is 19.9 Å². The number of aromatic nitrogens is 1. The molecule has 7 heteroatoms. The number of allylic oxidation sites excluding steroid dienone is 1. The van der Waals surface area contributed by atoms with Gasteiger partial charge < -0.3 is 10.2 Å². The molecule has 28 heavy (non-hydrogen) atoms. The Bertz CT molecular complexity index is 705. The third kappa shape index (κ3) is 5.67. The topological polar surface area (TPSA) is 37.4 Å². The molecule has 0 aliphatic heterocycles. The minimum atomic E-state index is -3.19. The zero-order chi connectivity index (χ0) is 21.7. The number of nitrogens with one attached hydrogen (secondary N) is 1. The number of anilines is 1. The largest absolute Gasteiger partial charge is 0.353 e. The average molecular weight is 416 g/mol. The lowest BCUT2D eigenvalue weighted by atomic mass is 9.90. The first-order valence-corrected chi connectivity index (χ1v) is 9.76. The summed E-state index contributed by atoms with van der Waals surface area (Å²) in [7, 11) is 0. The molecule has 0 aliphatic carbocycles. The first-order chi connectivity index (χ1) is 12.9. The van der Waals surface area contributed by atoms with E-state index in [1.54, 1.807) is 6.07 Å². The molecule has 0 spiro atoms. The fraction of sp³-hybridized carbons (Fsp3) is 0.571. The summed E-state index contributed by atoms with van der Waals surface area (Å²) in [6, 6.07) is 3.62. The normalized spacial score (nSPS) is 14.9. The number of alkyl halides is 2. The first-order valence-electron chi connectivity index (χ1n) is 9.45. The lowest BCUT2D eigenvalue weighted by Gasteiger charge is -2.43. The van der Waals surface area contributed by atoms with Gasteiger partial charge in [0.1, 0.15) is 5.82 Å². The summed E-state index contributed by atoms with van der Waals surface area (Å²) in [6.45, 7) is 19.1. The van der Waals surface area contributed by atoms with Crippen LogP contribution in [0.5, 0.6) is 0 Å². The Morgan fingerprint density at radius 1 is 1.32 bits per heavy atom. The molecule has 1 heterocycles. The van der Waals surface area contributed by atoms with Gasteiger partial charge in [-0.2, -0.15) is 0 Å². The Kier molecular flexibility index (Phi) is 8.45. The van der Waals surface area contributed by atoms with Crippen LogP contribution in [0.4, 0.5) is 14.6 Å². The van der Waals surface area contributed by atoms with Gasteiger partial charge >= 0.3 is 0 Å². The maximum absolute atomic E-state index is 13.6. The van der Waals surface area contributed by atoms with E-state index in [2.05, 4.69) is 48.4 Å². The van der Waals surface area contributed by atoms with Gasteiger partial charge in [-0.25, -0.2) is 18.1 Å². The summed E-state index contributed by atoms with van der Waals surface area (Å²) in [6.07, 6.45) is 1.17. The standard InChI is InChI=1S/C21H32ClF2N3O/c1-9-13-20(7,10-2)27(14(3)4)18-15(5)11-12-17(26-18)16(6)25-19(28-22)21(8,23)24/h11-12,19,25H,3,6,9-10,13H2,1-2,4-5,7-8H3/t19-,20?/m1/s1. The molecule has 0 bridgehead atoms. The number of aryl methyl sites for hydroxylation is 1. The molecule has 1 rings (SSSR count). The summed E-state index contributed by atoms with van der Waals surface area (Å²) in [5.74, 6) is -2.46. The van der Waals surface area contributed by atoms with Gasteiger partial charge in [-0.15, -0.1) is 0 Å². The van der Waals surface area contributed by atoms with Crippen LogP contribution in [-0.2, 0) is 4.29 Å². The van der Waals surface area contributed by atoms with Crippen molar-refractivity contribution in [3.05, 3.63) is 42.2 Å². The third-order valence-electron chi connectivity index (χ3n) is 4.92. The summed E-state index contributed by atoms with van der Waals surface area (Å²) in [5.41, 5.74) is 2.30. The van der Waals surface area contributed by atoms with Gasteiger partial charge in [-0.1, -0.05) is 39.5 Å². The Hall–Kier alpha value is -1.66. The number of halogens is 3. The predicted molar refractivity (Wildman–Crippen MR) is 113 cm³/mol. The number of rotatable bonds is 11. The summed E-state index contributed by atoms with van der Waals surface area (Å²) in [4.78, 5) is 6.85. The van der Waals surface area contributed by atoms with Crippen molar-refractivity contribution >= 4 is 23.4 Å². The molecule has 0 saturated heterocycles. The fourth-order valence-electron chi connectivity index (χ4n) is 3.25. The lowest BCUT2D eigenvalue weighted by Crippen LogP contribution is -2.46. The van der Waals surface area contributed by atoms with E-state index in [-0.39, 0.29) is 11.2 Å². The van der Waals surface area contributed by atoms with E-state index in [0.717, 1.165) is 36.3 Å². The second-order valence-corrected chi connectivity index (χ2v) is 7.73. The van der Waals surface area contributed by atoms with E-state index in [4.69, 9.17) is 16.9 Å². The maximum Gasteiger partial charge on any atom is 0.290 e. The highest BCUT2D eigenvalue weighted by Crippen LogP contribution is 2.35. The fourth-order valence-corrected chi connectivity index (χ4v) is 3.46. The lowest BCUT2D eigenvalue weighted by molar-refractivity contribution is -0.0852. The van der Waals surface area contributed by atoms with Gasteiger partial charge in [0, 0.05) is 18.2 Å². The monoisotopic (exact) mass is 415 g/mol. The molecule has 1 aromatic rings. The highest BCUT2D eigenvalue weighted by atomic mass is 35.5. The smallest absolute Gasteiger partial charge is 0.290 e. The van der Waals surface area contributed by atoms with Gasteiger partial charge in [0.05, 0.1) is 23.3 Å². The van der Waals surface area contributed by atoms with Crippen molar-refractivity contribution in [3.63, 3.8) is 0 Å². The Labute approximate surface area is 172 Å². The van der Waals surface area contributed by atoms with Crippen LogP contribution < -0.4 is 10.2 Å². The highest BCUT2D eigenvalue weighted by molar-refractivity contribution is 6.07. The second kappa shape index (κ2) is 9.70. The van der Waals surface area contributed by atoms with E-state index < -0.39 is 12.2 Å². The molecule has 0 radical (unpaired) electrons. The number of pyridine rings is 1. The minimum absolute atomic E-state index is 0.163. The van der Waals surface area contributed by atoms with E-state index in [9.17, 15) is 8.78 Å². The van der Waals surface area contributed by atoms with Crippen molar-refractivity contribution in [1.29, 1.82) is 0 Å². The Balaban J connectivity index is 3.35. The summed E-state index contributed by atoms with van der Waals surface area (Å²) < 4.78 is 31.5. The van der Waals surface area contributed by atoms with Crippen molar-refractivity contribution in [1.82, 2.24) is 10.3 Å². The predicted octanol–water partition coefficient (Wildman–Crippen LogP) is 6.41. The summed E-state index contributed by atoms with van der Waals surface area (Å²) >= 11 is 5.22. The second-order valence-electron chi connectivity index (χ2n) is 7.56. The molecule has 158 valence electrons. The van der Waals surface area contributed by atoms with Crippen LogP contribution in [-0.4, -0.2) is 22.7 Å². The molecule has 4 nitrogen and oxygen atoms in total. The van der Waals surface area contributed by atoms with Gasteiger partial charge in [-0.05, 0) is 45.2 Å². The molecule has 1 unspecified atom stereocenters. The Morgan fingerprint density at radius 3 is 2.36 bits per heavy atom. The van der Waals surface area contributed by atoms with Crippen molar-refractivity contribution in [3.8, 4) is 0 Å². The molecule has 1 aromatic heterocycles. The zero-order valence-corrected chi connectivity index (χ0v) is 18.5. The van der Waals surface area contributed by atoms with E-state index >= 15 is 0 Å². The van der Waals surface area contributed by atoms with Crippen LogP contribution >= 0.6 is 11.9 Å². The maximum atomic E-state index is 13.6. The SMILES string of the molecule is C=C(N[C@H](OCl)C(C)(F)F)c1ccc(C)c(N(C(=C)C)C(C)(CC)CCC)n1. The van der Waals surface area contributed by atoms with Crippen molar-refractivity contribution in [2.75, 3.05) is 4.90 Å². The highest BCUT2D eigenvalue weighted by Gasteiger charge is 2.36. The van der Waals surface area contributed by atoms with Gasteiger partial charge in [-0.3, -0.25) is 0 Å². The quantitative estimate of drug-likeness (QED) is 0.423. The summed E-state index contributed by atoms with van der Waals surface area (Å²) in [5, 5.41) is 2.51. The average Bonchev–Trinajstić information content (AvgIpc) is 2.60. The van der Waals surface area contributed by atoms with E-state index in [0.29, 0.717) is 12.6 Å². The van der Waals surface area contributed by atoms with Crippen LogP contribution in [0.1, 0.15) is 65.1 Å². The molecule has 1 N–H and O–H groups in total. The van der Waals surface area contributed by atoms with E-state index in [1.165, 1.54) is 0 Å². The minimum Gasteiger partial charge on any atom is -0.353 e. The van der Waals surface area contributed by atoms with Crippen LogP contribution in [0.15, 0.2) is 31.0 Å². The molecule has 0 aliphatic rings. The molecule has 0 amide bonds. The van der Waals surface area contributed by atoms with Crippen LogP contribution in [0.2, 0.25) is 0 Å². The molecule has 0 fully saturated rings. The molecular formula is C21H32ClF2N3O. The molecule has 2 atom stereocenters. The zero-order valence-electron chi connectivity index (χ0n) is 17.7. The number of nitrogens with zero attached hydrogens (tertiary/aromatic N) is 2. The van der Waals surface area contributed by atoms with Gasteiger partial charge in [0.25, 0.3) is 5.92 Å². The van der Waals surface area contributed by atoms with Gasteiger partial charge in [0.2, 0.25) is 6.23 Å². The number of hydrogen-bond acceptors (Lipinski definition) is 4. The first kappa shape index (κ1) is 24.4. The molecular weight excluding hydrogens is 384 g/mol. The molecule has 0 saturated carbocycles. The van der Waals surface area contributed by atoms with Crippen molar-refractivity contribution < 1.29 is 13.1 Å².